The standard InChI is InChI=1S/C17H18N.C8H10N.C2H5.Al/c1-3-14-9-11-17(12-10-14)18-13-16-8-6-5-7-15(16)4-2;1-6-4-3-5-7(2)8(6)9;1-2;/h5-13H,2-4H2,1H3;3-5,9H,1-2H3;1H2,2H3;/q;-1;;+1. The summed E-state index contributed by atoms with van der Waals surface area (Å²) >= 11 is -1.07. The molecule has 3 heteroatoms. The minimum absolute atomic E-state index is 1.01. The summed E-state index contributed by atoms with van der Waals surface area (Å²) in [6.45, 7) is 8.91. The van der Waals surface area contributed by atoms with E-state index in [-0.39, 0.29) is 0 Å². The molecule has 154 valence electrons. The molecule has 0 aliphatic heterocycles. The molecule has 0 saturated heterocycles. The van der Waals surface area contributed by atoms with Crippen LogP contribution < -0.4 is 4.30 Å². The summed E-state index contributed by atoms with van der Waals surface area (Å²) in [5.74, 6) is 0. The van der Waals surface area contributed by atoms with Crippen LogP contribution in [0.1, 0.15) is 41.7 Å². The Morgan fingerprint density at radius 3 is 2.23 bits per heavy atom. The molecule has 0 radical (unpaired) electrons. The summed E-state index contributed by atoms with van der Waals surface area (Å²) in [5.41, 5.74) is 9.03. The molecule has 1 N–H and O–H groups in total. The summed E-state index contributed by atoms with van der Waals surface area (Å²) in [4.78, 5) is 4.72. The van der Waals surface area contributed by atoms with E-state index in [2.05, 4.69) is 98.7 Å². The number of aryl methyl sites for hydroxylation is 4. The lowest BCUT2D eigenvalue weighted by Crippen LogP contribution is -2.25. The van der Waals surface area contributed by atoms with Gasteiger partial charge in [-0.25, -0.2) is 0 Å². The molecular formula is C27H33AlN2. The number of aliphatic imine (C=N–C) groups is 1. The Morgan fingerprint density at radius 1 is 0.867 bits per heavy atom. The summed E-state index contributed by atoms with van der Waals surface area (Å²) in [7, 11) is 0. The number of anilines is 1. The maximum absolute atomic E-state index is 4.72. The fourth-order valence-corrected chi connectivity index (χ4v) is 6.08. The van der Waals surface area contributed by atoms with Crippen molar-refractivity contribution in [3.05, 3.63) is 94.5 Å². The molecule has 0 unspecified atom stereocenters. The number of benzene rings is 3. The average molecular weight is 413 g/mol. The van der Waals surface area contributed by atoms with Gasteiger partial charge in [0.2, 0.25) is 0 Å². The zero-order valence-electron chi connectivity index (χ0n) is 18.8. The molecule has 0 saturated carbocycles. The Balaban J connectivity index is 1.68. The van der Waals surface area contributed by atoms with E-state index in [4.69, 9.17) is 4.99 Å². The van der Waals surface area contributed by atoms with E-state index in [0.29, 0.717) is 0 Å². The maximum atomic E-state index is 4.72. The highest BCUT2D eigenvalue weighted by molar-refractivity contribution is 6.62. The Labute approximate surface area is 186 Å². The first-order valence-corrected chi connectivity index (χ1v) is 13.4. The molecule has 0 bridgehead atoms. The predicted octanol–water partition coefficient (Wildman–Crippen LogP) is 7.28. The summed E-state index contributed by atoms with van der Waals surface area (Å²) < 4.78 is 3.93. The maximum Gasteiger partial charge on any atom is 0.411 e. The van der Waals surface area contributed by atoms with Crippen LogP contribution in [0.2, 0.25) is 10.6 Å². The van der Waals surface area contributed by atoms with Crippen molar-refractivity contribution in [2.45, 2.75) is 51.1 Å². The average Bonchev–Trinajstić information content (AvgIpc) is 2.78. The number of nitrogens with one attached hydrogen (secondary N) is 1. The van der Waals surface area contributed by atoms with E-state index >= 15 is 0 Å². The molecule has 0 heterocycles. The zero-order chi connectivity index (χ0) is 21.3. The minimum atomic E-state index is -1.07. The Hall–Kier alpha value is -2.34. The molecule has 0 amide bonds. The third-order valence-electron chi connectivity index (χ3n) is 5.84. The molecule has 3 aromatic carbocycles. The van der Waals surface area contributed by atoms with Crippen molar-refractivity contribution in [1.82, 2.24) is 0 Å². The van der Waals surface area contributed by atoms with Gasteiger partial charge >= 0.3 is 14.4 Å². The second-order valence-electron chi connectivity index (χ2n) is 8.03. The number of hydrogen-bond donors (Lipinski definition) is 1. The second kappa shape index (κ2) is 11.2. The number of hydrogen-bond acceptors (Lipinski definition) is 2. The highest BCUT2D eigenvalue weighted by atomic mass is 27.2. The molecule has 0 fully saturated rings. The van der Waals surface area contributed by atoms with Gasteiger partial charge in [-0.1, -0.05) is 79.0 Å². The number of para-hydroxylation sites is 1. The lowest BCUT2D eigenvalue weighted by atomic mass is 10.1. The van der Waals surface area contributed by atoms with Gasteiger partial charge in [0.15, 0.2) is 0 Å². The van der Waals surface area contributed by atoms with E-state index in [1.807, 2.05) is 6.21 Å². The van der Waals surface area contributed by atoms with Gasteiger partial charge < -0.3 is 4.30 Å². The van der Waals surface area contributed by atoms with Gasteiger partial charge in [0.05, 0.1) is 5.69 Å². The van der Waals surface area contributed by atoms with Gasteiger partial charge in [-0.2, -0.15) is 0 Å². The fourth-order valence-electron chi connectivity index (χ4n) is 3.80. The molecular weight excluding hydrogens is 379 g/mol. The van der Waals surface area contributed by atoms with Crippen LogP contribution in [0.4, 0.5) is 11.4 Å². The van der Waals surface area contributed by atoms with Crippen LogP contribution in [0, 0.1) is 13.8 Å². The van der Waals surface area contributed by atoms with Crippen LogP contribution in [0.3, 0.4) is 0 Å². The molecule has 0 atom stereocenters. The Kier molecular flexibility index (Phi) is 8.32. The molecule has 0 aromatic heterocycles. The molecule has 3 aromatic rings. The van der Waals surface area contributed by atoms with Crippen molar-refractivity contribution in [3.63, 3.8) is 0 Å². The van der Waals surface area contributed by atoms with Crippen molar-refractivity contribution >= 4 is 32.0 Å². The predicted molar refractivity (Wildman–Crippen MR) is 134 cm³/mol. The Morgan fingerprint density at radius 2 is 1.57 bits per heavy atom. The SMILES string of the molecule is CCc1ccc(N=Cc2ccccc2C[CH2][Al]([CH2]C)[NH]c2c(C)cccc2C)cc1. The van der Waals surface area contributed by atoms with E-state index in [1.54, 1.807) is 0 Å². The third-order valence-corrected chi connectivity index (χ3v) is 8.51. The van der Waals surface area contributed by atoms with Crippen molar-refractivity contribution in [1.29, 1.82) is 0 Å². The first kappa shape index (κ1) is 22.3. The molecule has 3 rings (SSSR count). The van der Waals surface area contributed by atoms with Gasteiger partial charge in [-0.15, -0.1) is 0 Å². The lowest BCUT2D eigenvalue weighted by Gasteiger charge is -2.18. The zero-order valence-corrected chi connectivity index (χ0v) is 19.9. The highest BCUT2D eigenvalue weighted by Crippen LogP contribution is 2.22. The molecule has 0 spiro atoms. The van der Waals surface area contributed by atoms with E-state index in [1.165, 1.54) is 44.1 Å². The Bertz CT molecular complexity index is 956. The van der Waals surface area contributed by atoms with E-state index < -0.39 is 14.4 Å². The summed E-state index contributed by atoms with van der Waals surface area (Å²) in [6.07, 6.45) is 4.18. The van der Waals surface area contributed by atoms with Crippen molar-refractivity contribution in [3.8, 4) is 0 Å². The normalized spacial score (nSPS) is 11.1. The topological polar surface area (TPSA) is 24.4 Å². The largest absolute Gasteiger partial charge is 0.476 e. The van der Waals surface area contributed by atoms with Gasteiger partial charge in [0.1, 0.15) is 0 Å². The van der Waals surface area contributed by atoms with Crippen LogP contribution >= 0.6 is 0 Å². The van der Waals surface area contributed by atoms with Gasteiger partial charge in [-0.05, 0) is 66.6 Å². The van der Waals surface area contributed by atoms with Crippen LogP contribution in [-0.2, 0) is 12.8 Å². The van der Waals surface area contributed by atoms with Crippen LogP contribution in [0.25, 0.3) is 0 Å². The monoisotopic (exact) mass is 412 g/mol. The highest BCUT2D eigenvalue weighted by Gasteiger charge is 2.18. The molecule has 0 aliphatic carbocycles. The van der Waals surface area contributed by atoms with E-state index in [0.717, 1.165) is 18.5 Å². The van der Waals surface area contributed by atoms with Crippen LogP contribution in [-0.4, -0.2) is 20.6 Å². The molecule has 30 heavy (non-hydrogen) atoms. The van der Waals surface area contributed by atoms with Gasteiger partial charge in [0, 0.05) is 11.9 Å². The van der Waals surface area contributed by atoms with Crippen LogP contribution in [0.5, 0.6) is 0 Å². The number of nitrogens with zero attached hydrogens (tertiary/aromatic N) is 1. The smallest absolute Gasteiger partial charge is 0.411 e. The van der Waals surface area contributed by atoms with Crippen molar-refractivity contribution in [2.24, 2.45) is 4.99 Å². The van der Waals surface area contributed by atoms with E-state index in [9.17, 15) is 0 Å². The first-order chi connectivity index (χ1) is 14.6. The quantitative estimate of drug-likeness (QED) is 0.290. The third kappa shape index (κ3) is 6.08. The summed E-state index contributed by atoms with van der Waals surface area (Å²) in [5, 5.41) is 2.48. The number of rotatable bonds is 9. The van der Waals surface area contributed by atoms with Crippen molar-refractivity contribution in [2.75, 3.05) is 4.30 Å². The molecule has 0 aliphatic rings. The van der Waals surface area contributed by atoms with Crippen molar-refractivity contribution < 1.29 is 0 Å². The minimum Gasteiger partial charge on any atom is -0.476 e. The van der Waals surface area contributed by atoms with Crippen LogP contribution in [0.15, 0.2) is 71.7 Å². The first-order valence-electron chi connectivity index (χ1n) is 11.1. The summed E-state index contributed by atoms with van der Waals surface area (Å²) in [6, 6.07) is 23.8. The van der Waals surface area contributed by atoms with Gasteiger partial charge in [0.25, 0.3) is 0 Å². The lowest BCUT2D eigenvalue weighted by molar-refractivity contribution is 1.09. The van der Waals surface area contributed by atoms with Gasteiger partial charge in [-0.3, -0.25) is 4.99 Å². The second-order valence-corrected chi connectivity index (χ2v) is 11.1. The fraction of sp³-hybridized carbons (Fsp3) is 0.296. The molecule has 2 nitrogen and oxygen atoms in total.